The van der Waals surface area contributed by atoms with Gasteiger partial charge in [-0.15, -0.1) is 0 Å². The molecule has 0 aliphatic heterocycles. The zero-order chi connectivity index (χ0) is 31.9. The van der Waals surface area contributed by atoms with Gasteiger partial charge in [0.1, 0.15) is 11.2 Å². The topological polar surface area (TPSA) is 16.4 Å². The Morgan fingerprint density at radius 3 is 1.71 bits per heavy atom. The van der Waals surface area contributed by atoms with Gasteiger partial charge in [0.05, 0.1) is 11.4 Å². The minimum Gasteiger partial charge on any atom is -0.456 e. The molecule has 0 radical (unpaired) electrons. The van der Waals surface area contributed by atoms with Crippen molar-refractivity contribution in [1.82, 2.24) is 0 Å². The van der Waals surface area contributed by atoms with Gasteiger partial charge in [0.15, 0.2) is 0 Å². The molecule has 1 aromatic heterocycles. The molecule has 0 spiro atoms. The highest BCUT2D eigenvalue weighted by molar-refractivity contribution is 6.14. The molecule has 0 amide bonds. The number of hydrogen-bond acceptors (Lipinski definition) is 2. The minimum absolute atomic E-state index is 0.888. The first-order valence-electron chi connectivity index (χ1n) is 16.4. The van der Waals surface area contributed by atoms with Crippen LogP contribution in [0.3, 0.4) is 0 Å². The summed E-state index contributed by atoms with van der Waals surface area (Å²) >= 11 is 0. The molecular weight excluding hydrogens is 583 g/mol. The Bertz CT molecular complexity index is 2560. The number of fused-ring (bicyclic) bond motifs is 4. The van der Waals surface area contributed by atoms with Gasteiger partial charge in [0.25, 0.3) is 0 Å². The highest BCUT2D eigenvalue weighted by Gasteiger charge is 2.22. The molecule has 0 saturated heterocycles. The van der Waals surface area contributed by atoms with Crippen molar-refractivity contribution in [1.29, 1.82) is 0 Å². The van der Waals surface area contributed by atoms with Crippen LogP contribution in [-0.2, 0) is 0 Å². The van der Waals surface area contributed by atoms with Gasteiger partial charge in [-0.3, -0.25) is 0 Å². The van der Waals surface area contributed by atoms with Crippen molar-refractivity contribution in [2.75, 3.05) is 4.90 Å². The highest BCUT2D eigenvalue weighted by Crippen LogP contribution is 2.47. The summed E-state index contributed by atoms with van der Waals surface area (Å²) < 4.78 is 6.33. The second kappa shape index (κ2) is 11.8. The van der Waals surface area contributed by atoms with Gasteiger partial charge in [0.2, 0.25) is 0 Å². The van der Waals surface area contributed by atoms with Crippen LogP contribution in [0.4, 0.5) is 17.1 Å². The lowest BCUT2D eigenvalue weighted by molar-refractivity contribution is 0.669. The van der Waals surface area contributed by atoms with E-state index in [4.69, 9.17) is 4.42 Å². The number of rotatable bonds is 6. The van der Waals surface area contributed by atoms with E-state index in [1.54, 1.807) is 0 Å². The van der Waals surface area contributed by atoms with Crippen LogP contribution in [0.5, 0.6) is 0 Å². The van der Waals surface area contributed by atoms with Gasteiger partial charge < -0.3 is 9.32 Å². The van der Waals surface area contributed by atoms with Gasteiger partial charge in [-0.2, -0.15) is 0 Å². The summed E-state index contributed by atoms with van der Waals surface area (Å²) in [6.07, 6.45) is 0. The largest absolute Gasteiger partial charge is 0.456 e. The molecule has 1 heterocycles. The van der Waals surface area contributed by atoms with Gasteiger partial charge in [-0.05, 0) is 69.4 Å². The maximum absolute atomic E-state index is 6.33. The Morgan fingerprint density at radius 1 is 0.333 bits per heavy atom. The van der Waals surface area contributed by atoms with E-state index in [2.05, 4.69) is 181 Å². The van der Waals surface area contributed by atoms with Gasteiger partial charge >= 0.3 is 0 Å². The first-order valence-corrected chi connectivity index (χ1v) is 16.4. The molecule has 0 fully saturated rings. The summed E-state index contributed by atoms with van der Waals surface area (Å²) in [6.45, 7) is 0. The van der Waals surface area contributed by atoms with E-state index >= 15 is 0 Å². The quantitative estimate of drug-likeness (QED) is 0.185. The third-order valence-electron chi connectivity index (χ3n) is 9.29. The molecular formula is C46H31NO. The summed E-state index contributed by atoms with van der Waals surface area (Å²) in [4.78, 5) is 2.41. The minimum atomic E-state index is 0.888. The Hall–Kier alpha value is -6.38. The third-order valence-corrected chi connectivity index (χ3v) is 9.29. The normalized spacial score (nSPS) is 11.3. The molecule has 2 nitrogen and oxygen atoms in total. The molecule has 226 valence electrons. The predicted molar refractivity (Wildman–Crippen MR) is 202 cm³/mol. The lowest BCUT2D eigenvalue weighted by Gasteiger charge is -2.30. The van der Waals surface area contributed by atoms with Crippen molar-refractivity contribution in [3.05, 3.63) is 188 Å². The molecule has 0 atom stereocenters. The van der Waals surface area contributed by atoms with Crippen molar-refractivity contribution in [3.63, 3.8) is 0 Å². The van der Waals surface area contributed by atoms with Crippen molar-refractivity contribution >= 4 is 49.8 Å². The van der Waals surface area contributed by atoms with Crippen LogP contribution < -0.4 is 4.90 Å². The SMILES string of the molecule is c1ccc(-c2ccccc2N(c2ccc(-c3cccc4ccccc34)cc2)c2ccccc2-c2cccc3oc4ccccc4c23)cc1. The van der Waals surface area contributed by atoms with Crippen LogP contribution in [0.2, 0.25) is 0 Å². The molecule has 0 aliphatic rings. The van der Waals surface area contributed by atoms with Crippen LogP contribution in [0.25, 0.3) is 66.1 Å². The number of hydrogen-bond donors (Lipinski definition) is 0. The zero-order valence-corrected chi connectivity index (χ0v) is 26.3. The highest BCUT2D eigenvalue weighted by atomic mass is 16.3. The Labute approximate surface area is 279 Å². The van der Waals surface area contributed by atoms with Gasteiger partial charge in [-0.1, -0.05) is 152 Å². The summed E-state index contributed by atoms with van der Waals surface area (Å²) in [6, 6.07) is 66.9. The number of para-hydroxylation sites is 3. The van der Waals surface area contributed by atoms with E-state index in [1.165, 1.54) is 27.5 Å². The molecule has 8 aromatic carbocycles. The molecule has 0 saturated carbocycles. The van der Waals surface area contributed by atoms with Crippen molar-refractivity contribution in [2.24, 2.45) is 0 Å². The lowest BCUT2D eigenvalue weighted by atomic mass is 9.95. The van der Waals surface area contributed by atoms with Crippen molar-refractivity contribution in [3.8, 4) is 33.4 Å². The van der Waals surface area contributed by atoms with Crippen LogP contribution >= 0.6 is 0 Å². The Morgan fingerprint density at radius 2 is 0.875 bits per heavy atom. The Balaban J connectivity index is 1.28. The molecule has 48 heavy (non-hydrogen) atoms. The van der Waals surface area contributed by atoms with Gasteiger partial charge in [0, 0.05) is 27.6 Å². The fourth-order valence-corrected chi connectivity index (χ4v) is 7.10. The summed E-state index contributed by atoms with van der Waals surface area (Å²) in [5.74, 6) is 0. The molecule has 0 aliphatic carbocycles. The second-order valence-corrected chi connectivity index (χ2v) is 12.1. The average molecular weight is 614 g/mol. The van der Waals surface area contributed by atoms with E-state index in [0.717, 1.165) is 55.7 Å². The van der Waals surface area contributed by atoms with E-state index < -0.39 is 0 Å². The fraction of sp³-hybridized carbons (Fsp3) is 0. The van der Waals surface area contributed by atoms with Crippen molar-refractivity contribution in [2.45, 2.75) is 0 Å². The van der Waals surface area contributed by atoms with E-state index in [9.17, 15) is 0 Å². The van der Waals surface area contributed by atoms with Crippen LogP contribution in [-0.4, -0.2) is 0 Å². The summed E-state index contributed by atoms with van der Waals surface area (Å²) in [5, 5.41) is 4.74. The Kier molecular flexibility index (Phi) is 6.84. The van der Waals surface area contributed by atoms with E-state index in [0.29, 0.717) is 0 Å². The van der Waals surface area contributed by atoms with E-state index in [1.807, 2.05) is 12.1 Å². The number of furan rings is 1. The molecule has 9 rings (SSSR count). The average Bonchev–Trinajstić information content (AvgIpc) is 3.55. The fourth-order valence-electron chi connectivity index (χ4n) is 7.10. The molecule has 0 bridgehead atoms. The van der Waals surface area contributed by atoms with E-state index in [-0.39, 0.29) is 0 Å². The molecule has 2 heteroatoms. The van der Waals surface area contributed by atoms with Crippen LogP contribution in [0.15, 0.2) is 192 Å². The first kappa shape index (κ1) is 27.9. The zero-order valence-electron chi connectivity index (χ0n) is 26.3. The maximum Gasteiger partial charge on any atom is 0.136 e. The maximum atomic E-state index is 6.33. The second-order valence-electron chi connectivity index (χ2n) is 12.1. The molecule has 0 N–H and O–H groups in total. The number of nitrogens with zero attached hydrogens (tertiary/aromatic N) is 1. The summed E-state index contributed by atoms with van der Waals surface area (Å²) in [7, 11) is 0. The summed E-state index contributed by atoms with van der Waals surface area (Å²) in [5.41, 5.74) is 12.1. The lowest BCUT2D eigenvalue weighted by Crippen LogP contribution is -2.12. The van der Waals surface area contributed by atoms with Crippen molar-refractivity contribution < 1.29 is 4.42 Å². The van der Waals surface area contributed by atoms with Crippen LogP contribution in [0, 0.1) is 0 Å². The van der Waals surface area contributed by atoms with Gasteiger partial charge in [-0.25, -0.2) is 0 Å². The monoisotopic (exact) mass is 613 g/mol. The third kappa shape index (κ3) is 4.74. The number of benzene rings is 8. The molecule has 9 aromatic rings. The van der Waals surface area contributed by atoms with Crippen LogP contribution in [0.1, 0.15) is 0 Å². The smallest absolute Gasteiger partial charge is 0.136 e. The standard InChI is InChI=1S/C46H31NO/c1-2-14-33(15-3-1)38-19-6-9-24-42(38)47(35-30-28-34(29-31-35)37-22-12-17-32-16-4-5-18-36(32)37)43-25-10-7-20-39(43)40-23-13-27-45-46(40)41-21-8-11-26-44(41)48-45/h1-31H. The predicted octanol–water partition coefficient (Wildman–Crippen LogP) is 13.2. The first-order chi connectivity index (χ1) is 23.8. The molecule has 0 unspecified atom stereocenters. The number of anilines is 3.